The third-order valence-corrected chi connectivity index (χ3v) is 4.01. The van der Waals surface area contributed by atoms with E-state index < -0.39 is 0 Å². The van der Waals surface area contributed by atoms with Crippen LogP contribution in [0, 0.1) is 5.82 Å². The Morgan fingerprint density at radius 2 is 1.95 bits per heavy atom. The lowest BCUT2D eigenvalue weighted by Gasteiger charge is -2.35. The molecule has 0 atom stereocenters. The normalized spacial score (nSPS) is 16.6. The van der Waals surface area contributed by atoms with E-state index in [4.69, 9.17) is 0 Å². The summed E-state index contributed by atoms with van der Waals surface area (Å²) in [4.78, 5) is 2.38. The highest BCUT2D eigenvalue weighted by atomic mass is 19.1. The smallest absolute Gasteiger partial charge is 0.125 e. The van der Waals surface area contributed by atoms with Crippen molar-refractivity contribution in [3.8, 4) is 0 Å². The van der Waals surface area contributed by atoms with Gasteiger partial charge < -0.3 is 10.2 Å². The molecule has 2 nitrogen and oxygen atoms in total. The van der Waals surface area contributed by atoms with E-state index in [-0.39, 0.29) is 5.82 Å². The van der Waals surface area contributed by atoms with Gasteiger partial charge in [0.15, 0.2) is 0 Å². The van der Waals surface area contributed by atoms with E-state index in [1.165, 1.54) is 32.1 Å². The molecule has 0 heterocycles. The summed E-state index contributed by atoms with van der Waals surface area (Å²) < 4.78 is 13.8. The minimum atomic E-state index is -0.128. The van der Waals surface area contributed by atoms with Gasteiger partial charge in [-0.25, -0.2) is 4.39 Å². The van der Waals surface area contributed by atoms with Gasteiger partial charge in [-0.3, -0.25) is 0 Å². The zero-order chi connectivity index (χ0) is 13.7. The SMILES string of the molecule is CCN(c1cc(F)cc(CNC)c1)C1CCCCC1. The highest BCUT2D eigenvalue weighted by molar-refractivity contribution is 5.50. The van der Waals surface area contributed by atoms with E-state index >= 15 is 0 Å². The summed E-state index contributed by atoms with van der Waals surface area (Å²) in [6.07, 6.45) is 6.44. The number of benzene rings is 1. The summed E-state index contributed by atoms with van der Waals surface area (Å²) in [6.45, 7) is 3.83. The van der Waals surface area contributed by atoms with E-state index in [9.17, 15) is 4.39 Å². The van der Waals surface area contributed by atoms with Gasteiger partial charge in [0.1, 0.15) is 5.82 Å². The molecule has 2 rings (SSSR count). The van der Waals surface area contributed by atoms with Crippen molar-refractivity contribution in [2.75, 3.05) is 18.5 Å². The summed E-state index contributed by atoms with van der Waals surface area (Å²) in [6, 6.07) is 6.01. The van der Waals surface area contributed by atoms with E-state index in [0.717, 1.165) is 17.8 Å². The van der Waals surface area contributed by atoms with Gasteiger partial charge in [-0.1, -0.05) is 19.3 Å². The largest absolute Gasteiger partial charge is 0.369 e. The number of nitrogens with zero attached hydrogens (tertiary/aromatic N) is 1. The van der Waals surface area contributed by atoms with Gasteiger partial charge in [0, 0.05) is 24.8 Å². The van der Waals surface area contributed by atoms with Crippen LogP contribution in [0.3, 0.4) is 0 Å². The number of hydrogen-bond acceptors (Lipinski definition) is 2. The maximum absolute atomic E-state index is 13.8. The molecule has 1 aromatic rings. The number of hydrogen-bond donors (Lipinski definition) is 1. The molecule has 1 fully saturated rings. The molecule has 0 spiro atoms. The third kappa shape index (κ3) is 3.69. The van der Waals surface area contributed by atoms with Gasteiger partial charge in [-0.15, -0.1) is 0 Å². The summed E-state index contributed by atoms with van der Waals surface area (Å²) in [5.74, 6) is -0.128. The van der Waals surface area contributed by atoms with Crippen LogP contribution in [0.25, 0.3) is 0 Å². The molecule has 0 amide bonds. The third-order valence-electron chi connectivity index (χ3n) is 4.01. The molecular formula is C16H25FN2. The lowest BCUT2D eigenvalue weighted by Crippen LogP contribution is -2.36. The van der Waals surface area contributed by atoms with Gasteiger partial charge >= 0.3 is 0 Å². The molecule has 1 aliphatic rings. The molecule has 0 saturated heterocycles. The van der Waals surface area contributed by atoms with E-state index in [2.05, 4.69) is 23.2 Å². The van der Waals surface area contributed by atoms with Crippen molar-refractivity contribution in [1.29, 1.82) is 0 Å². The van der Waals surface area contributed by atoms with Crippen LogP contribution in [-0.4, -0.2) is 19.6 Å². The van der Waals surface area contributed by atoms with Crippen molar-refractivity contribution >= 4 is 5.69 Å². The molecule has 0 bridgehead atoms. The maximum Gasteiger partial charge on any atom is 0.125 e. The Morgan fingerprint density at radius 1 is 1.21 bits per heavy atom. The number of halogens is 1. The van der Waals surface area contributed by atoms with Crippen LogP contribution in [0.15, 0.2) is 18.2 Å². The zero-order valence-corrected chi connectivity index (χ0v) is 12.1. The fourth-order valence-electron chi connectivity index (χ4n) is 3.15. The molecule has 1 aliphatic carbocycles. The molecule has 0 unspecified atom stereocenters. The van der Waals surface area contributed by atoms with Crippen LogP contribution in [0.2, 0.25) is 0 Å². The van der Waals surface area contributed by atoms with Gasteiger partial charge in [0.05, 0.1) is 0 Å². The minimum absolute atomic E-state index is 0.128. The van der Waals surface area contributed by atoms with Gasteiger partial charge in [-0.2, -0.15) is 0 Å². The molecule has 106 valence electrons. The quantitative estimate of drug-likeness (QED) is 0.872. The molecule has 0 radical (unpaired) electrons. The average molecular weight is 264 g/mol. The van der Waals surface area contributed by atoms with Crippen molar-refractivity contribution in [3.63, 3.8) is 0 Å². The first-order chi connectivity index (χ1) is 9.24. The summed E-state index contributed by atoms with van der Waals surface area (Å²) >= 11 is 0. The first-order valence-electron chi connectivity index (χ1n) is 7.45. The first-order valence-corrected chi connectivity index (χ1v) is 7.45. The number of anilines is 1. The van der Waals surface area contributed by atoms with E-state index in [1.54, 1.807) is 12.1 Å². The van der Waals surface area contributed by atoms with E-state index in [1.807, 2.05) is 7.05 Å². The number of nitrogens with one attached hydrogen (secondary N) is 1. The zero-order valence-electron chi connectivity index (χ0n) is 12.1. The summed E-state index contributed by atoms with van der Waals surface area (Å²) in [5, 5.41) is 3.09. The Balaban J connectivity index is 2.21. The molecular weight excluding hydrogens is 239 g/mol. The molecule has 1 N–H and O–H groups in total. The van der Waals surface area contributed by atoms with Crippen LogP contribution < -0.4 is 10.2 Å². The Labute approximate surface area is 116 Å². The van der Waals surface area contributed by atoms with Crippen LogP contribution in [-0.2, 0) is 6.54 Å². The highest BCUT2D eigenvalue weighted by Crippen LogP contribution is 2.28. The van der Waals surface area contributed by atoms with Crippen LogP contribution in [0.4, 0.5) is 10.1 Å². The van der Waals surface area contributed by atoms with Crippen molar-refractivity contribution in [2.24, 2.45) is 0 Å². The van der Waals surface area contributed by atoms with Gasteiger partial charge in [0.2, 0.25) is 0 Å². The number of rotatable bonds is 5. The molecule has 3 heteroatoms. The molecule has 0 aromatic heterocycles. The second-order valence-corrected chi connectivity index (χ2v) is 5.43. The monoisotopic (exact) mass is 264 g/mol. The Bertz CT molecular complexity index is 400. The summed E-state index contributed by atoms with van der Waals surface area (Å²) in [5.41, 5.74) is 2.06. The Kier molecular flexibility index (Phi) is 5.20. The lowest BCUT2D eigenvalue weighted by atomic mass is 9.93. The molecule has 1 saturated carbocycles. The van der Waals surface area contributed by atoms with Crippen LogP contribution in [0.5, 0.6) is 0 Å². The summed E-state index contributed by atoms with van der Waals surface area (Å²) in [7, 11) is 1.89. The van der Waals surface area contributed by atoms with Crippen molar-refractivity contribution in [2.45, 2.75) is 51.6 Å². The fraction of sp³-hybridized carbons (Fsp3) is 0.625. The van der Waals surface area contributed by atoms with Gasteiger partial charge in [0.25, 0.3) is 0 Å². The Morgan fingerprint density at radius 3 is 2.58 bits per heavy atom. The predicted octanol–water partition coefficient (Wildman–Crippen LogP) is 3.70. The molecule has 0 aliphatic heterocycles. The minimum Gasteiger partial charge on any atom is -0.369 e. The predicted molar refractivity (Wildman–Crippen MR) is 79.1 cm³/mol. The fourth-order valence-corrected chi connectivity index (χ4v) is 3.15. The molecule has 1 aromatic carbocycles. The first kappa shape index (κ1) is 14.3. The van der Waals surface area contributed by atoms with E-state index in [0.29, 0.717) is 12.6 Å². The highest BCUT2D eigenvalue weighted by Gasteiger charge is 2.20. The lowest BCUT2D eigenvalue weighted by molar-refractivity contribution is 0.417. The van der Waals surface area contributed by atoms with Crippen LogP contribution >= 0.6 is 0 Å². The second kappa shape index (κ2) is 6.90. The Hall–Kier alpha value is -1.09. The topological polar surface area (TPSA) is 15.3 Å². The average Bonchev–Trinajstić information content (AvgIpc) is 2.40. The second-order valence-electron chi connectivity index (χ2n) is 5.43. The van der Waals surface area contributed by atoms with Crippen molar-refractivity contribution < 1.29 is 4.39 Å². The standard InChI is InChI=1S/C16H25FN2/c1-3-19(15-7-5-4-6-8-15)16-10-13(12-18-2)9-14(17)11-16/h9-11,15,18H,3-8,12H2,1-2H3. The van der Waals surface area contributed by atoms with Crippen molar-refractivity contribution in [1.82, 2.24) is 5.32 Å². The van der Waals surface area contributed by atoms with Crippen LogP contribution in [0.1, 0.15) is 44.6 Å². The van der Waals surface area contributed by atoms with Gasteiger partial charge in [-0.05, 0) is 50.6 Å². The molecule has 19 heavy (non-hydrogen) atoms. The van der Waals surface area contributed by atoms with Crippen molar-refractivity contribution in [3.05, 3.63) is 29.6 Å². The maximum atomic E-state index is 13.8.